The van der Waals surface area contributed by atoms with Crippen molar-refractivity contribution in [2.75, 3.05) is 12.3 Å². The molecule has 1 saturated carbocycles. The maximum absolute atomic E-state index is 12.0. The minimum Gasteiger partial charge on any atom is -0.347 e. The van der Waals surface area contributed by atoms with Crippen LogP contribution >= 0.6 is 0 Å². The van der Waals surface area contributed by atoms with Gasteiger partial charge in [-0.15, -0.1) is 0 Å². The van der Waals surface area contributed by atoms with Crippen LogP contribution < -0.4 is 10.0 Å². The number of hydrogen-bond acceptors (Lipinski definition) is 4. The van der Waals surface area contributed by atoms with Gasteiger partial charge in [0.15, 0.2) is 0 Å². The Balaban J connectivity index is 1.77. The van der Waals surface area contributed by atoms with Gasteiger partial charge in [0.05, 0.1) is 11.8 Å². The minimum atomic E-state index is -3.25. The molecule has 1 unspecified atom stereocenters. The van der Waals surface area contributed by atoms with Crippen molar-refractivity contribution in [3.05, 3.63) is 18.2 Å². The van der Waals surface area contributed by atoms with Crippen molar-refractivity contribution in [1.29, 1.82) is 0 Å². The summed E-state index contributed by atoms with van der Waals surface area (Å²) < 4.78 is 26.6. The molecule has 6 nitrogen and oxygen atoms in total. The highest BCUT2D eigenvalue weighted by molar-refractivity contribution is 7.89. The average Bonchev–Trinajstić information content (AvgIpc) is 3.04. The van der Waals surface area contributed by atoms with E-state index in [1.807, 2.05) is 6.92 Å². The summed E-state index contributed by atoms with van der Waals surface area (Å²) in [6.07, 6.45) is 7.09. The monoisotopic (exact) mass is 286 g/mol. The first-order chi connectivity index (χ1) is 9.11. The van der Waals surface area contributed by atoms with Crippen LogP contribution in [0.3, 0.4) is 0 Å². The van der Waals surface area contributed by atoms with Crippen molar-refractivity contribution in [2.45, 2.75) is 44.7 Å². The molecule has 0 aliphatic heterocycles. The van der Waals surface area contributed by atoms with Gasteiger partial charge < -0.3 is 10.3 Å². The number of aromatic nitrogens is 2. The molecule has 0 radical (unpaired) electrons. The zero-order valence-corrected chi connectivity index (χ0v) is 12.0. The molecular formula is C12H22N4O2S. The smallest absolute Gasteiger partial charge is 0.212 e. The summed E-state index contributed by atoms with van der Waals surface area (Å²) in [6, 6.07) is 0.360. The first-order valence-electron chi connectivity index (χ1n) is 6.83. The van der Waals surface area contributed by atoms with E-state index in [1.54, 1.807) is 12.4 Å². The lowest BCUT2D eigenvalue weighted by molar-refractivity contribution is 0.535. The van der Waals surface area contributed by atoms with Crippen molar-refractivity contribution in [3.8, 4) is 0 Å². The Morgan fingerprint density at radius 3 is 2.89 bits per heavy atom. The Hall–Kier alpha value is -0.920. The highest BCUT2D eigenvalue weighted by atomic mass is 32.2. The summed E-state index contributed by atoms with van der Waals surface area (Å²) in [5.74, 6) is 0.825. The van der Waals surface area contributed by atoms with E-state index in [-0.39, 0.29) is 11.8 Å². The molecular weight excluding hydrogens is 264 g/mol. The van der Waals surface area contributed by atoms with E-state index in [0.29, 0.717) is 24.7 Å². The molecule has 0 amide bonds. The van der Waals surface area contributed by atoms with Crippen LogP contribution in [0.2, 0.25) is 0 Å². The van der Waals surface area contributed by atoms with Crippen LogP contribution in [0.1, 0.15) is 44.5 Å². The number of hydrogen-bond donors (Lipinski definition) is 3. The van der Waals surface area contributed by atoms with Crippen LogP contribution in [0.15, 0.2) is 12.4 Å². The van der Waals surface area contributed by atoms with E-state index in [9.17, 15) is 8.42 Å². The molecule has 3 N–H and O–H groups in total. The Morgan fingerprint density at radius 2 is 2.32 bits per heavy atom. The molecule has 108 valence electrons. The van der Waals surface area contributed by atoms with Crippen molar-refractivity contribution < 1.29 is 8.42 Å². The first-order valence-corrected chi connectivity index (χ1v) is 8.48. The second kappa shape index (κ2) is 6.49. The number of nitrogens with one attached hydrogen (secondary N) is 3. The van der Waals surface area contributed by atoms with Gasteiger partial charge in [-0.1, -0.05) is 6.92 Å². The molecule has 1 atom stereocenters. The molecule has 1 heterocycles. The highest BCUT2D eigenvalue weighted by Gasteiger charge is 2.21. The maximum Gasteiger partial charge on any atom is 0.212 e. The molecule has 1 aromatic rings. The van der Waals surface area contributed by atoms with E-state index in [0.717, 1.165) is 6.54 Å². The van der Waals surface area contributed by atoms with Gasteiger partial charge in [0.1, 0.15) is 5.82 Å². The van der Waals surface area contributed by atoms with Gasteiger partial charge in [0.25, 0.3) is 0 Å². The Morgan fingerprint density at radius 1 is 1.53 bits per heavy atom. The second-order valence-electron chi connectivity index (χ2n) is 4.95. The summed E-state index contributed by atoms with van der Waals surface area (Å²) in [5.41, 5.74) is 0. The van der Waals surface area contributed by atoms with E-state index in [2.05, 4.69) is 20.0 Å². The summed E-state index contributed by atoms with van der Waals surface area (Å²) in [4.78, 5) is 7.06. The number of nitrogens with zero attached hydrogens (tertiary/aromatic N) is 1. The predicted octanol–water partition coefficient (Wildman–Crippen LogP) is 0.922. The van der Waals surface area contributed by atoms with E-state index in [1.165, 1.54) is 12.8 Å². The number of rotatable bonds is 9. The summed E-state index contributed by atoms with van der Waals surface area (Å²) >= 11 is 0. The van der Waals surface area contributed by atoms with Gasteiger partial charge in [-0.05, 0) is 32.2 Å². The number of aromatic amines is 1. The first kappa shape index (κ1) is 14.5. The van der Waals surface area contributed by atoms with E-state index < -0.39 is 10.0 Å². The fourth-order valence-electron chi connectivity index (χ4n) is 1.93. The fourth-order valence-corrected chi connectivity index (χ4v) is 3.29. The lowest BCUT2D eigenvalue weighted by Gasteiger charge is -2.15. The van der Waals surface area contributed by atoms with Crippen LogP contribution in [0.25, 0.3) is 0 Å². The van der Waals surface area contributed by atoms with E-state index in [4.69, 9.17) is 0 Å². The van der Waals surface area contributed by atoms with Crippen LogP contribution in [0.5, 0.6) is 0 Å². The minimum absolute atomic E-state index is 0.157. The lowest BCUT2D eigenvalue weighted by atomic mass is 10.2. The predicted molar refractivity (Wildman–Crippen MR) is 74.2 cm³/mol. The summed E-state index contributed by atoms with van der Waals surface area (Å²) in [5, 5.41) is 3.31. The normalized spacial score (nSPS) is 17.5. The fraction of sp³-hybridized carbons (Fsp3) is 0.750. The van der Waals surface area contributed by atoms with Crippen molar-refractivity contribution in [3.63, 3.8) is 0 Å². The van der Waals surface area contributed by atoms with Gasteiger partial charge in [-0.25, -0.2) is 18.1 Å². The zero-order chi connectivity index (χ0) is 13.7. The van der Waals surface area contributed by atoms with Crippen LogP contribution in [0, 0.1) is 0 Å². The average molecular weight is 286 g/mol. The SMILES string of the molecule is CCC(NS(=O)(=O)CCCNC1CC1)c1ncc[nH]1. The number of H-pyrrole nitrogens is 1. The Labute approximate surface area is 114 Å². The van der Waals surface area contributed by atoms with Gasteiger partial charge in [-0.2, -0.15) is 0 Å². The van der Waals surface area contributed by atoms with Gasteiger partial charge in [0.2, 0.25) is 10.0 Å². The van der Waals surface area contributed by atoms with Gasteiger partial charge in [-0.3, -0.25) is 0 Å². The third kappa shape index (κ3) is 4.93. The number of imidazole rings is 1. The van der Waals surface area contributed by atoms with Crippen LogP contribution in [-0.4, -0.2) is 36.7 Å². The summed E-state index contributed by atoms with van der Waals surface area (Å²) in [6.45, 7) is 2.70. The maximum atomic E-state index is 12.0. The third-order valence-corrected chi connectivity index (χ3v) is 4.65. The molecule has 1 aromatic heterocycles. The van der Waals surface area contributed by atoms with Gasteiger partial charge >= 0.3 is 0 Å². The number of sulfonamides is 1. The molecule has 2 rings (SSSR count). The molecule has 1 aliphatic rings. The van der Waals surface area contributed by atoms with Crippen LogP contribution in [0.4, 0.5) is 0 Å². The molecule has 0 saturated heterocycles. The third-order valence-electron chi connectivity index (χ3n) is 3.18. The quantitative estimate of drug-likeness (QED) is 0.589. The van der Waals surface area contributed by atoms with E-state index >= 15 is 0 Å². The lowest BCUT2D eigenvalue weighted by Crippen LogP contribution is -2.32. The zero-order valence-electron chi connectivity index (χ0n) is 11.2. The van der Waals surface area contributed by atoms with Crippen molar-refractivity contribution in [1.82, 2.24) is 20.0 Å². The Kier molecular flexibility index (Phi) is 4.95. The molecule has 0 aromatic carbocycles. The van der Waals surface area contributed by atoms with Crippen molar-refractivity contribution >= 4 is 10.0 Å². The molecule has 0 bridgehead atoms. The Bertz CT molecular complexity index is 468. The van der Waals surface area contributed by atoms with Crippen LogP contribution in [-0.2, 0) is 10.0 Å². The largest absolute Gasteiger partial charge is 0.347 e. The molecule has 1 aliphatic carbocycles. The topological polar surface area (TPSA) is 86.9 Å². The highest BCUT2D eigenvalue weighted by Crippen LogP contribution is 2.18. The molecule has 1 fully saturated rings. The molecule has 0 spiro atoms. The second-order valence-corrected chi connectivity index (χ2v) is 6.83. The summed E-state index contributed by atoms with van der Waals surface area (Å²) in [7, 11) is -3.25. The standard InChI is InChI=1S/C12H22N4O2S/c1-2-11(12-14-7-8-15-12)16-19(17,18)9-3-6-13-10-4-5-10/h7-8,10-11,13,16H,2-6,9H2,1H3,(H,14,15). The van der Waals surface area contributed by atoms with Crippen molar-refractivity contribution in [2.24, 2.45) is 0 Å². The molecule has 7 heteroatoms. The van der Waals surface area contributed by atoms with Gasteiger partial charge in [0, 0.05) is 18.4 Å². The molecule has 19 heavy (non-hydrogen) atoms.